The Morgan fingerprint density at radius 2 is 2.33 bits per heavy atom. The molecule has 0 aliphatic heterocycles. The molecule has 0 aromatic carbocycles. The zero-order chi connectivity index (χ0) is 11.4. The van der Waals surface area contributed by atoms with E-state index < -0.39 is 6.04 Å². The molecule has 0 fully saturated rings. The highest BCUT2D eigenvalue weighted by atomic mass is 16.5. The monoisotopic (exact) mass is 211 g/mol. The van der Waals surface area contributed by atoms with Crippen LogP contribution in [0.4, 0.5) is 0 Å². The first-order valence-electron chi connectivity index (χ1n) is 4.92. The second kappa shape index (κ2) is 4.93. The molecule has 1 aromatic heterocycles. The van der Waals surface area contributed by atoms with Crippen molar-refractivity contribution in [2.45, 2.75) is 26.4 Å². The molecule has 0 bridgehead atoms. The van der Waals surface area contributed by atoms with Gasteiger partial charge in [-0.1, -0.05) is 19.0 Å². The molecule has 0 spiro atoms. The summed E-state index contributed by atoms with van der Waals surface area (Å²) >= 11 is 0. The lowest BCUT2D eigenvalue weighted by molar-refractivity contribution is -0.132. The van der Waals surface area contributed by atoms with Gasteiger partial charge in [-0.15, -0.1) is 0 Å². The highest BCUT2D eigenvalue weighted by Crippen LogP contribution is 2.05. The van der Waals surface area contributed by atoms with Gasteiger partial charge in [0.1, 0.15) is 12.0 Å². The SMILES string of the molecule is CC(C)[C@H](N)C(=O)N(C)Cc1ccon1. The second-order valence-corrected chi connectivity index (χ2v) is 3.95. The standard InChI is InChI=1S/C10H17N3O2/c1-7(2)9(11)10(14)13(3)6-8-4-5-15-12-8/h4-5,7,9H,6,11H2,1-3H3/t9-/m0/s1. The largest absolute Gasteiger partial charge is 0.364 e. The van der Waals surface area contributed by atoms with Gasteiger partial charge in [0.2, 0.25) is 5.91 Å². The van der Waals surface area contributed by atoms with Gasteiger partial charge in [0.25, 0.3) is 0 Å². The van der Waals surface area contributed by atoms with Gasteiger partial charge >= 0.3 is 0 Å². The lowest BCUT2D eigenvalue weighted by Crippen LogP contribution is -2.44. The van der Waals surface area contributed by atoms with Crippen LogP contribution in [0.2, 0.25) is 0 Å². The van der Waals surface area contributed by atoms with Crippen LogP contribution < -0.4 is 5.73 Å². The van der Waals surface area contributed by atoms with Crippen molar-refractivity contribution < 1.29 is 9.32 Å². The number of amides is 1. The Labute approximate surface area is 89.2 Å². The van der Waals surface area contributed by atoms with E-state index in [1.54, 1.807) is 18.0 Å². The number of hydrogen-bond acceptors (Lipinski definition) is 4. The van der Waals surface area contributed by atoms with Crippen LogP contribution >= 0.6 is 0 Å². The molecule has 1 aromatic rings. The number of carbonyl (C=O) groups is 1. The van der Waals surface area contributed by atoms with Crippen LogP contribution in [0.5, 0.6) is 0 Å². The van der Waals surface area contributed by atoms with E-state index in [0.29, 0.717) is 6.54 Å². The summed E-state index contributed by atoms with van der Waals surface area (Å²) in [7, 11) is 1.71. The molecule has 15 heavy (non-hydrogen) atoms. The van der Waals surface area contributed by atoms with E-state index in [1.807, 2.05) is 13.8 Å². The third kappa shape index (κ3) is 3.06. The molecular weight excluding hydrogens is 194 g/mol. The summed E-state index contributed by atoms with van der Waals surface area (Å²) in [5, 5.41) is 3.73. The summed E-state index contributed by atoms with van der Waals surface area (Å²) in [6, 6.07) is 1.27. The van der Waals surface area contributed by atoms with Crippen molar-refractivity contribution >= 4 is 5.91 Å². The maximum atomic E-state index is 11.8. The molecule has 5 heteroatoms. The summed E-state index contributed by atoms with van der Waals surface area (Å²) in [6.07, 6.45) is 1.48. The van der Waals surface area contributed by atoms with E-state index in [1.165, 1.54) is 6.26 Å². The van der Waals surface area contributed by atoms with E-state index in [4.69, 9.17) is 5.73 Å². The van der Waals surface area contributed by atoms with Crippen LogP contribution in [-0.2, 0) is 11.3 Å². The lowest BCUT2D eigenvalue weighted by Gasteiger charge is -2.22. The van der Waals surface area contributed by atoms with Crippen molar-refractivity contribution in [1.29, 1.82) is 0 Å². The minimum absolute atomic E-state index is 0.0759. The molecule has 0 radical (unpaired) electrons. The van der Waals surface area contributed by atoms with E-state index in [2.05, 4.69) is 9.68 Å². The molecule has 84 valence electrons. The van der Waals surface area contributed by atoms with E-state index in [-0.39, 0.29) is 11.8 Å². The fourth-order valence-corrected chi connectivity index (χ4v) is 1.18. The van der Waals surface area contributed by atoms with Crippen LogP contribution in [0.1, 0.15) is 19.5 Å². The molecule has 0 aliphatic rings. The predicted octanol–water partition coefficient (Wildman–Crippen LogP) is 0.616. The van der Waals surface area contributed by atoms with E-state index in [9.17, 15) is 4.79 Å². The van der Waals surface area contributed by atoms with Crippen molar-refractivity contribution in [3.63, 3.8) is 0 Å². The van der Waals surface area contributed by atoms with E-state index in [0.717, 1.165) is 5.69 Å². The van der Waals surface area contributed by atoms with Gasteiger partial charge in [0.05, 0.1) is 12.6 Å². The van der Waals surface area contributed by atoms with Crippen molar-refractivity contribution in [3.05, 3.63) is 18.0 Å². The number of likely N-dealkylation sites (N-methyl/N-ethyl adjacent to an activating group) is 1. The van der Waals surface area contributed by atoms with Crippen molar-refractivity contribution in [1.82, 2.24) is 10.1 Å². The van der Waals surface area contributed by atoms with Gasteiger partial charge in [-0.25, -0.2) is 0 Å². The summed E-state index contributed by atoms with van der Waals surface area (Å²) < 4.78 is 4.68. The Kier molecular flexibility index (Phi) is 3.85. The minimum atomic E-state index is -0.457. The molecule has 0 saturated heterocycles. The summed E-state index contributed by atoms with van der Waals surface area (Å²) in [6.45, 7) is 4.27. The third-order valence-corrected chi connectivity index (χ3v) is 2.27. The van der Waals surface area contributed by atoms with Crippen LogP contribution in [0.3, 0.4) is 0 Å². The first-order valence-corrected chi connectivity index (χ1v) is 4.92. The third-order valence-electron chi connectivity index (χ3n) is 2.27. The Balaban J connectivity index is 2.54. The highest BCUT2D eigenvalue weighted by Gasteiger charge is 2.21. The summed E-state index contributed by atoms with van der Waals surface area (Å²) in [5.74, 6) is 0.0604. The van der Waals surface area contributed by atoms with Gasteiger partial charge in [-0.2, -0.15) is 0 Å². The molecule has 1 atom stereocenters. The smallest absolute Gasteiger partial charge is 0.239 e. The number of carbonyl (C=O) groups excluding carboxylic acids is 1. The molecule has 0 unspecified atom stereocenters. The van der Waals surface area contributed by atoms with Crippen LogP contribution in [0.15, 0.2) is 16.9 Å². The molecule has 0 saturated carbocycles. The fourth-order valence-electron chi connectivity index (χ4n) is 1.18. The first-order chi connectivity index (χ1) is 7.02. The number of nitrogens with zero attached hydrogens (tertiary/aromatic N) is 2. The minimum Gasteiger partial charge on any atom is -0.364 e. The molecule has 0 aliphatic carbocycles. The predicted molar refractivity (Wildman–Crippen MR) is 55.8 cm³/mol. The number of hydrogen-bond donors (Lipinski definition) is 1. The normalized spacial score (nSPS) is 12.9. The topological polar surface area (TPSA) is 72.4 Å². The number of rotatable bonds is 4. The Morgan fingerprint density at radius 1 is 1.67 bits per heavy atom. The zero-order valence-electron chi connectivity index (χ0n) is 9.30. The first kappa shape index (κ1) is 11.7. The summed E-state index contributed by atoms with van der Waals surface area (Å²) in [4.78, 5) is 13.3. The summed E-state index contributed by atoms with van der Waals surface area (Å²) in [5.41, 5.74) is 6.48. The van der Waals surface area contributed by atoms with E-state index >= 15 is 0 Å². The lowest BCUT2D eigenvalue weighted by atomic mass is 10.0. The highest BCUT2D eigenvalue weighted by molar-refractivity contribution is 5.81. The molecule has 5 nitrogen and oxygen atoms in total. The average Bonchev–Trinajstić information content (AvgIpc) is 2.67. The van der Waals surface area contributed by atoms with Crippen LogP contribution in [-0.4, -0.2) is 29.1 Å². The Bertz CT molecular complexity index is 308. The molecule has 1 amide bonds. The maximum absolute atomic E-state index is 11.8. The molecular formula is C10H17N3O2. The van der Waals surface area contributed by atoms with Crippen LogP contribution in [0.25, 0.3) is 0 Å². The molecule has 1 heterocycles. The maximum Gasteiger partial charge on any atom is 0.239 e. The quantitative estimate of drug-likeness (QED) is 0.792. The average molecular weight is 211 g/mol. The van der Waals surface area contributed by atoms with Crippen molar-refractivity contribution in [3.8, 4) is 0 Å². The van der Waals surface area contributed by atoms with Gasteiger partial charge in [-0.3, -0.25) is 4.79 Å². The second-order valence-electron chi connectivity index (χ2n) is 3.95. The Hall–Kier alpha value is -1.36. The number of nitrogens with two attached hydrogens (primary N) is 1. The van der Waals surface area contributed by atoms with Gasteiger partial charge in [0, 0.05) is 13.1 Å². The number of aromatic nitrogens is 1. The molecule has 1 rings (SSSR count). The zero-order valence-corrected chi connectivity index (χ0v) is 9.30. The van der Waals surface area contributed by atoms with Crippen LogP contribution in [0, 0.1) is 5.92 Å². The van der Waals surface area contributed by atoms with Crippen molar-refractivity contribution in [2.24, 2.45) is 11.7 Å². The van der Waals surface area contributed by atoms with Gasteiger partial charge in [-0.05, 0) is 5.92 Å². The molecule has 2 N–H and O–H groups in total. The van der Waals surface area contributed by atoms with Gasteiger partial charge in [0.15, 0.2) is 0 Å². The Morgan fingerprint density at radius 3 is 2.80 bits per heavy atom. The van der Waals surface area contributed by atoms with Crippen molar-refractivity contribution in [2.75, 3.05) is 7.05 Å². The fraction of sp³-hybridized carbons (Fsp3) is 0.600. The van der Waals surface area contributed by atoms with Gasteiger partial charge < -0.3 is 15.2 Å².